The summed E-state index contributed by atoms with van der Waals surface area (Å²) in [5.41, 5.74) is 1.62. The number of benzene rings is 2. The number of nitrogens with zero attached hydrogens (tertiary/aromatic N) is 3. The van der Waals surface area contributed by atoms with Crippen LogP contribution in [-0.2, 0) is 16.6 Å². The van der Waals surface area contributed by atoms with Gasteiger partial charge in [-0.05, 0) is 49.7 Å². The Morgan fingerprint density at radius 2 is 1.76 bits per heavy atom. The Hall–Kier alpha value is -2.26. The van der Waals surface area contributed by atoms with Crippen molar-refractivity contribution in [3.8, 4) is 0 Å². The van der Waals surface area contributed by atoms with E-state index in [4.69, 9.17) is 0 Å². The van der Waals surface area contributed by atoms with Crippen molar-refractivity contribution in [2.75, 3.05) is 45.8 Å². The first-order chi connectivity index (χ1) is 16.0. The van der Waals surface area contributed by atoms with Crippen LogP contribution >= 0.6 is 0 Å². The molecule has 8 heteroatoms. The van der Waals surface area contributed by atoms with Gasteiger partial charge in [0.1, 0.15) is 0 Å². The maximum Gasteiger partial charge on any atom is 0.251 e. The van der Waals surface area contributed by atoms with Crippen molar-refractivity contribution in [3.05, 3.63) is 65.7 Å². The zero-order chi connectivity index (χ0) is 23.3. The molecule has 2 fully saturated rings. The molecule has 178 valence electrons. The van der Waals surface area contributed by atoms with E-state index >= 15 is 0 Å². The second kappa shape index (κ2) is 10.8. The normalized spacial score (nSPS) is 20.7. The summed E-state index contributed by atoms with van der Waals surface area (Å²) in [4.78, 5) is 17.6. The fourth-order valence-electron chi connectivity index (χ4n) is 4.77. The van der Waals surface area contributed by atoms with Crippen LogP contribution in [0, 0.1) is 0 Å². The summed E-state index contributed by atoms with van der Waals surface area (Å²) in [6, 6.07) is 17.0. The zero-order valence-corrected chi connectivity index (χ0v) is 20.1. The molecule has 33 heavy (non-hydrogen) atoms. The lowest BCUT2D eigenvalue weighted by molar-refractivity contribution is 0.0941. The Labute approximate surface area is 197 Å². The molecule has 2 heterocycles. The van der Waals surface area contributed by atoms with Crippen LogP contribution in [0.3, 0.4) is 0 Å². The average Bonchev–Trinajstić information content (AvgIpc) is 3.31. The number of likely N-dealkylation sites (N-methyl/N-ethyl adjacent to an activating group) is 1. The minimum atomic E-state index is -3.64. The molecule has 7 nitrogen and oxygen atoms in total. The topological polar surface area (TPSA) is 73.0 Å². The van der Waals surface area contributed by atoms with E-state index < -0.39 is 10.0 Å². The lowest BCUT2D eigenvalue weighted by atomic mass is 10.2. The van der Waals surface area contributed by atoms with Gasteiger partial charge in [0.05, 0.1) is 4.90 Å². The van der Waals surface area contributed by atoms with E-state index in [2.05, 4.69) is 34.2 Å². The number of amides is 1. The summed E-state index contributed by atoms with van der Waals surface area (Å²) < 4.78 is 28.0. The summed E-state index contributed by atoms with van der Waals surface area (Å²) in [6.45, 7) is 7.85. The second-order valence-corrected chi connectivity index (χ2v) is 10.8. The average molecular weight is 471 g/mol. The van der Waals surface area contributed by atoms with Gasteiger partial charge in [-0.25, -0.2) is 8.42 Å². The van der Waals surface area contributed by atoms with Gasteiger partial charge in [0.2, 0.25) is 10.0 Å². The Kier molecular flexibility index (Phi) is 7.80. The quantitative estimate of drug-likeness (QED) is 0.642. The largest absolute Gasteiger partial charge is 0.350 e. The summed E-state index contributed by atoms with van der Waals surface area (Å²) >= 11 is 0. The van der Waals surface area contributed by atoms with Crippen molar-refractivity contribution in [1.82, 2.24) is 19.4 Å². The van der Waals surface area contributed by atoms with E-state index in [1.54, 1.807) is 18.2 Å². The standard InChI is InChI=1S/C25H34N4O3S/c1-2-28-13-7-11-23(28)19-26-25(30)22-10-6-12-24(18-22)33(31,32)29-16-14-27(15-17-29)20-21-8-4-3-5-9-21/h3-6,8-10,12,18,23H,2,7,11,13-17,19-20H2,1H3,(H,26,30). The molecule has 1 N–H and O–H groups in total. The fourth-order valence-corrected chi connectivity index (χ4v) is 6.24. The molecule has 2 aliphatic heterocycles. The zero-order valence-electron chi connectivity index (χ0n) is 19.3. The first kappa shape index (κ1) is 23.9. The van der Waals surface area contributed by atoms with Crippen molar-refractivity contribution < 1.29 is 13.2 Å². The maximum atomic E-state index is 13.2. The first-order valence-electron chi connectivity index (χ1n) is 11.9. The van der Waals surface area contributed by atoms with Crippen LogP contribution in [0.2, 0.25) is 0 Å². The molecule has 0 aromatic heterocycles. The Balaban J connectivity index is 1.35. The van der Waals surface area contributed by atoms with Gasteiger partial charge in [0.25, 0.3) is 5.91 Å². The highest BCUT2D eigenvalue weighted by molar-refractivity contribution is 7.89. The number of nitrogens with one attached hydrogen (secondary N) is 1. The monoisotopic (exact) mass is 470 g/mol. The molecule has 1 atom stereocenters. The van der Waals surface area contributed by atoms with Gasteiger partial charge >= 0.3 is 0 Å². The minimum Gasteiger partial charge on any atom is -0.350 e. The van der Waals surface area contributed by atoms with Gasteiger partial charge in [-0.15, -0.1) is 0 Å². The van der Waals surface area contributed by atoms with E-state index in [9.17, 15) is 13.2 Å². The van der Waals surface area contributed by atoms with E-state index in [1.807, 2.05) is 18.2 Å². The third kappa shape index (κ3) is 5.81. The van der Waals surface area contributed by atoms with Crippen molar-refractivity contribution in [1.29, 1.82) is 0 Å². The summed E-state index contributed by atoms with van der Waals surface area (Å²) in [5.74, 6) is -0.220. The fraction of sp³-hybridized carbons (Fsp3) is 0.480. The molecular formula is C25H34N4O3S. The maximum absolute atomic E-state index is 13.2. The predicted molar refractivity (Wildman–Crippen MR) is 130 cm³/mol. The molecule has 0 spiro atoms. The molecule has 2 aromatic carbocycles. The lowest BCUT2D eigenvalue weighted by Gasteiger charge is -2.34. The molecule has 2 aliphatic rings. The summed E-state index contributed by atoms with van der Waals surface area (Å²) in [6.07, 6.45) is 2.24. The highest BCUT2D eigenvalue weighted by Crippen LogP contribution is 2.20. The molecule has 1 amide bonds. The van der Waals surface area contributed by atoms with Gasteiger partial charge in [0, 0.05) is 50.9 Å². The lowest BCUT2D eigenvalue weighted by Crippen LogP contribution is -2.48. The highest BCUT2D eigenvalue weighted by atomic mass is 32.2. The number of sulfonamides is 1. The second-order valence-electron chi connectivity index (χ2n) is 8.83. The summed E-state index contributed by atoms with van der Waals surface area (Å²) in [5, 5.41) is 3.00. The Bertz CT molecular complexity index is 1040. The van der Waals surface area contributed by atoms with E-state index in [0.717, 1.165) is 32.5 Å². The molecule has 1 unspecified atom stereocenters. The van der Waals surface area contributed by atoms with Gasteiger partial charge in [0.15, 0.2) is 0 Å². The third-order valence-electron chi connectivity index (χ3n) is 6.72. The van der Waals surface area contributed by atoms with E-state index in [-0.39, 0.29) is 10.8 Å². The van der Waals surface area contributed by atoms with Crippen molar-refractivity contribution in [2.24, 2.45) is 0 Å². The Morgan fingerprint density at radius 3 is 2.48 bits per heavy atom. The van der Waals surface area contributed by atoms with Gasteiger partial charge in [-0.2, -0.15) is 4.31 Å². The molecule has 0 radical (unpaired) electrons. The number of carbonyl (C=O) groups excluding carboxylic acids is 1. The van der Waals surface area contributed by atoms with Crippen LogP contribution in [-0.4, -0.2) is 80.3 Å². The smallest absolute Gasteiger partial charge is 0.251 e. The SMILES string of the molecule is CCN1CCCC1CNC(=O)c1cccc(S(=O)(=O)N2CCN(Cc3ccccc3)CC2)c1. The molecule has 0 aliphatic carbocycles. The van der Waals surface area contributed by atoms with Crippen LogP contribution in [0.15, 0.2) is 59.5 Å². The van der Waals surface area contributed by atoms with Crippen LogP contribution < -0.4 is 5.32 Å². The molecular weight excluding hydrogens is 436 g/mol. The van der Waals surface area contributed by atoms with Crippen LogP contribution in [0.4, 0.5) is 0 Å². The number of rotatable bonds is 8. The number of hydrogen-bond acceptors (Lipinski definition) is 5. The van der Waals surface area contributed by atoms with Crippen molar-refractivity contribution >= 4 is 15.9 Å². The summed E-state index contributed by atoms with van der Waals surface area (Å²) in [7, 11) is -3.64. The molecule has 2 saturated heterocycles. The van der Waals surface area contributed by atoms with E-state index in [1.165, 1.54) is 15.9 Å². The third-order valence-corrected chi connectivity index (χ3v) is 8.61. The van der Waals surface area contributed by atoms with Gasteiger partial charge in [-0.1, -0.05) is 43.3 Å². The van der Waals surface area contributed by atoms with Crippen molar-refractivity contribution in [3.63, 3.8) is 0 Å². The van der Waals surface area contributed by atoms with Crippen molar-refractivity contribution in [2.45, 2.75) is 37.2 Å². The predicted octanol–water partition coefficient (Wildman–Crippen LogP) is 2.41. The minimum absolute atomic E-state index is 0.183. The highest BCUT2D eigenvalue weighted by Gasteiger charge is 2.29. The Morgan fingerprint density at radius 1 is 1.00 bits per heavy atom. The number of piperazine rings is 1. The van der Waals surface area contributed by atoms with Gasteiger partial charge < -0.3 is 5.32 Å². The first-order valence-corrected chi connectivity index (χ1v) is 13.3. The number of hydrogen-bond donors (Lipinski definition) is 1. The molecule has 4 rings (SSSR count). The van der Waals surface area contributed by atoms with Crippen LogP contribution in [0.25, 0.3) is 0 Å². The van der Waals surface area contributed by atoms with E-state index in [0.29, 0.717) is 44.3 Å². The van der Waals surface area contributed by atoms with Gasteiger partial charge in [-0.3, -0.25) is 14.6 Å². The van der Waals surface area contributed by atoms with Crippen LogP contribution in [0.1, 0.15) is 35.7 Å². The molecule has 0 bridgehead atoms. The number of likely N-dealkylation sites (tertiary alicyclic amines) is 1. The molecule has 2 aromatic rings. The molecule has 0 saturated carbocycles. The van der Waals surface area contributed by atoms with Crippen LogP contribution in [0.5, 0.6) is 0 Å². The number of carbonyl (C=O) groups is 1.